The van der Waals surface area contributed by atoms with Gasteiger partial charge in [-0.25, -0.2) is 0 Å². The molecule has 0 aromatic heterocycles. The summed E-state index contributed by atoms with van der Waals surface area (Å²) in [5.74, 6) is 0. The van der Waals surface area contributed by atoms with E-state index in [4.69, 9.17) is 11.6 Å². The van der Waals surface area contributed by atoms with Crippen molar-refractivity contribution in [2.24, 2.45) is 4.99 Å². The molecule has 68 valence electrons. The average Bonchev–Trinajstić information content (AvgIpc) is 2.12. The molecule has 0 fully saturated rings. The zero-order chi connectivity index (χ0) is 9.42. The Morgan fingerprint density at radius 3 is 2.77 bits per heavy atom. The highest BCUT2D eigenvalue weighted by atomic mass is 35.5. The quantitative estimate of drug-likeness (QED) is 0.597. The third-order valence-corrected chi connectivity index (χ3v) is 2.83. The first-order valence-corrected chi connectivity index (χ1v) is 4.87. The van der Waals surface area contributed by atoms with Gasteiger partial charge in [-0.15, -0.1) is 0 Å². The lowest BCUT2D eigenvalue weighted by molar-refractivity contribution is 0.924. The minimum atomic E-state index is 0.835. The van der Waals surface area contributed by atoms with Crippen LogP contribution in [0.2, 0.25) is 5.02 Å². The van der Waals surface area contributed by atoms with Gasteiger partial charge in [0.05, 0.1) is 5.36 Å². The molecule has 0 N–H and O–H groups in total. The molecule has 0 radical (unpaired) electrons. The van der Waals surface area contributed by atoms with Gasteiger partial charge >= 0.3 is 0 Å². The Balaban J connectivity index is 2.99. The number of benzene rings is 1. The monoisotopic (exact) mass is 193 g/mol. The molecule has 13 heavy (non-hydrogen) atoms. The number of aryl methyl sites for hydroxylation is 1. The van der Waals surface area contributed by atoms with E-state index >= 15 is 0 Å². The van der Waals surface area contributed by atoms with Gasteiger partial charge in [-0.1, -0.05) is 23.2 Å². The van der Waals surface area contributed by atoms with Crippen molar-refractivity contribution in [2.45, 2.75) is 20.3 Å². The van der Waals surface area contributed by atoms with Crippen LogP contribution in [-0.2, 0) is 0 Å². The summed E-state index contributed by atoms with van der Waals surface area (Å²) in [6.45, 7) is 5.12. The normalized spacial score (nSPS) is 15.2. The summed E-state index contributed by atoms with van der Waals surface area (Å²) in [5.41, 5.74) is 2.58. The average molecular weight is 194 g/mol. The summed E-state index contributed by atoms with van der Waals surface area (Å²) < 4.78 is 0. The van der Waals surface area contributed by atoms with Crippen LogP contribution in [-0.4, -0.2) is 6.54 Å². The van der Waals surface area contributed by atoms with Crippen LogP contribution in [0.1, 0.15) is 18.9 Å². The van der Waals surface area contributed by atoms with E-state index in [1.54, 1.807) is 0 Å². The number of halogens is 1. The van der Waals surface area contributed by atoms with Crippen LogP contribution in [0.25, 0.3) is 5.57 Å². The standard InChI is InChI=1S/C11H12ClN/c1-7-5-6-13-11-8(2)3-4-9(12)10(7)11/h3-4H,5-6H2,1-2H3. The number of fused-ring (bicyclic) bond motifs is 1. The highest BCUT2D eigenvalue weighted by Gasteiger charge is 2.05. The molecule has 2 rings (SSSR count). The fourth-order valence-electron chi connectivity index (χ4n) is 1.74. The van der Waals surface area contributed by atoms with Crippen molar-refractivity contribution in [2.75, 3.05) is 6.54 Å². The lowest BCUT2D eigenvalue weighted by Gasteiger charge is -2.08. The first kappa shape index (κ1) is 8.76. The second-order valence-electron chi connectivity index (χ2n) is 3.50. The van der Waals surface area contributed by atoms with Crippen LogP contribution in [0.5, 0.6) is 0 Å². The van der Waals surface area contributed by atoms with Gasteiger partial charge in [0.25, 0.3) is 0 Å². The maximum atomic E-state index is 6.13. The van der Waals surface area contributed by atoms with Gasteiger partial charge in [0.15, 0.2) is 0 Å². The van der Waals surface area contributed by atoms with Crippen molar-refractivity contribution in [3.05, 3.63) is 33.3 Å². The number of rotatable bonds is 0. The minimum absolute atomic E-state index is 0.835. The Hall–Kier alpha value is -0.820. The van der Waals surface area contributed by atoms with Gasteiger partial charge in [0.2, 0.25) is 0 Å². The molecule has 1 aromatic carbocycles. The van der Waals surface area contributed by atoms with Gasteiger partial charge in [-0.3, -0.25) is 4.99 Å². The van der Waals surface area contributed by atoms with E-state index < -0.39 is 0 Å². The van der Waals surface area contributed by atoms with Gasteiger partial charge in [-0.05, 0) is 31.9 Å². The lowest BCUT2D eigenvalue weighted by Crippen LogP contribution is -2.33. The van der Waals surface area contributed by atoms with E-state index in [0.717, 1.165) is 28.6 Å². The summed E-state index contributed by atoms with van der Waals surface area (Å²) in [5, 5.41) is 3.09. The number of hydrogen-bond donors (Lipinski definition) is 0. The summed E-state index contributed by atoms with van der Waals surface area (Å²) in [7, 11) is 0. The molecule has 0 atom stereocenters. The highest BCUT2D eigenvalue weighted by molar-refractivity contribution is 6.30. The van der Waals surface area contributed by atoms with Crippen molar-refractivity contribution in [1.29, 1.82) is 0 Å². The Bertz CT molecular complexity index is 460. The van der Waals surface area contributed by atoms with Gasteiger partial charge in [-0.2, -0.15) is 0 Å². The van der Waals surface area contributed by atoms with Gasteiger partial charge < -0.3 is 0 Å². The van der Waals surface area contributed by atoms with Crippen molar-refractivity contribution < 1.29 is 0 Å². The number of nitrogens with zero attached hydrogens (tertiary/aromatic N) is 1. The van der Waals surface area contributed by atoms with Crippen molar-refractivity contribution in [1.82, 2.24) is 0 Å². The predicted octanol–water partition coefficient (Wildman–Crippen LogP) is 1.84. The molecule has 0 saturated carbocycles. The molecule has 0 aliphatic carbocycles. The topological polar surface area (TPSA) is 12.4 Å². The molecular formula is C11H12ClN. The third-order valence-electron chi connectivity index (χ3n) is 2.51. The van der Waals surface area contributed by atoms with E-state index in [2.05, 4.69) is 18.8 Å². The Kier molecular flexibility index (Phi) is 2.12. The largest absolute Gasteiger partial charge is 0.284 e. The van der Waals surface area contributed by atoms with E-state index in [0.29, 0.717) is 0 Å². The van der Waals surface area contributed by atoms with Crippen LogP contribution in [0, 0.1) is 6.92 Å². The van der Waals surface area contributed by atoms with E-state index in [1.165, 1.54) is 11.1 Å². The van der Waals surface area contributed by atoms with Crippen LogP contribution in [0.15, 0.2) is 17.1 Å². The fraction of sp³-hybridized carbons (Fsp3) is 0.364. The van der Waals surface area contributed by atoms with Gasteiger partial charge in [0, 0.05) is 16.8 Å². The zero-order valence-corrected chi connectivity index (χ0v) is 8.65. The molecule has 2 heteroatoms. The maximum absolute atomic E-state index is 6.13. The predicted molar refractivity (Wildman–Crippen MR) is 55.5 cm³/mol. The smallest absolute Gasteiger partial charge is 0.0690 e. The molecule has 0 amide bonds. The van der Waals surface area contributed by atoms with E-state index in [9.17, 15) is 0 Å². The zero-order valence-electron chi connectivity index (χ0n) is 7.89. The summed E-state index contributed by atoms with van der Waals surface area (Å²) in [6, 6.07) is 3.99. The van der Waals surface area contributed by atoms with Crippen molar-refractivity contribution >= 4 is 17.2 Å². The Morgan fingerprint density at radius 1 is 1.31 bits per heavy atom. The molecule has 1 aliphatic rings. The molecule has 1 aromatic rings. The summed E-state index contributed by atoms with van der Waals surface area (Å²) >= 11 is 6.13. The second-order valence-corrected chi connectivity index (χ2v) is 3.91. The van der Waals surface area contributed by atoms with Crippen LogP contribution in [0.4, 0.5) is 0 Å². The minimum Gasteiger partial charge on any atom is -0.284 e. The van der Waals surface area contributed by atoms with Crippen LogP contribution >= 0.6 is 11.6 Å². The third kappa shape index (κ3) is 1.37. The van der Waals surface area contributed by atoms with Crippen LogP contribution in [0.3, 0.4) is 0 Å². The Morgan fingerprint density at radius 2 is 2.08 bits per heavy atom. The van der Waals surface area contributed by atoms with Crippen molar-refractivity contribution in [3.63, 3.8) is 0 Å². The van der Waals surface area contributed by atoms with Gasteiger partial charge in [0.1, 0.15) is 0 Å². The fourth-order valence-corrected chi connectivity index (χ4v) is 2.05. The molecule has 0 saturated heterocycles. The molecule has 1 heterocycles. The van der Waals surface area contributed by atoms with Crippen LogP contribution < -0.4 is 10.6 Å². The van der Waals surface area contributed by atoms with E-state index in [-0.39, 0.29) is 0 Å². The van der Waals surface area contributed by atoms with Crippen molar-refractivity contribution in [3.8, 4) is 0 Å². The summed E-state index contributed by atoms with van der Waals surface area (Å²) in [4.78, 5) is 4.50. The maximum Gasteiger partial charge on any atom is 0.0690 e. The Labute approximate surface area is 82.8 Å². The summed E-state index contributed by atoms with van der Waals surface area (Å²) in [6.07, 6.45) is 1.04. The first-order valence-electron chi connectivity index (χ1n) is 4.49. The second kappa shape index (κ2) is 3.15. The molecular weight excluding hydrogens is 182 g/mol. The first-order chi connectivity index (χ1) is 6.20. The molecule has 0 spiro atoms. The highest BCUT2D eigenvalue weighted by Crippen LogP contribution is 2.07. The molecule has 1 nitrogen and oxygen atoms in total. The lowest BCUT2D eigenvalue weighted by atomic mass is 10.1. The number of hydrogen-bond acceptors (Lipinski definition) is 1. The molecule has 1 aliphatic heterocycles. The molecule has 0 unspecified atom stereocenters. The SMILES string of the molecule is CC1=c2c(Cl)ccc(C)c2=NCC1. The molecule has 0 bridgehead atoms. The van der Waals surface area contributed by atoms with E-state index in [1.807, 2.05) is 12.1 Å².